The molecule has 5 heteroatoms. The molecule has 1 aromatic rings. The van der Waals surface area contributed by atoms with E-state index in [9.17, 15) is 4.79 Å². The molecule has 3 rings (SSSR count). The third-order valence-corrected chi connectivity index (χ3v) is 4.95. The van der Waals surface area contributed by atoms with Gasteiger partial charge in [0.2, 0.25) is 5.91 Å². The Morgan fingerprint density at radius 1 is 1.30 bits per heavy atom. The first-order valence-electron chi connectivity index (χ1n) is 8.68. The number of ether oxygens (including phenoxy) is 1. The molecule has 3 unspecified atom stereocenters. The van der Waals surface area contributed by atoms with Crippen molar-refractivity contribution in [3.8, 4) is 5.75 Å². The minimum atomic E-state index is -0.0922. The third-order valence-electron chi connectivity index (χ3n) is 4.95. The summed E-state index contributed by atoms with van der Waals surface area (Å²) in [6.07, 6.45) is 5.24. The van der Waals surface area contributed by atoms with Crippen LogP contribution in [0.5, 0.6) is 5.75 Å². The van der Waals surface area contributed by atoms with Gasteiger partial charge in [-0.2, -0.15) is 0 Å². The first kappa shape index (κ1) is 16.3. The van der Waals surface area contributed by atoms with Crippen LogP contribution in [0.1, 0.15) is 50.6 Å². The van der Waals surface area contributed by atoms with E-state index in [1.165, 1.54) is 5.56 Å². The quantitative estimate of drug-likeness (QED) is 0.875. The van der Waals surface area contributed by atoms with Crippen LogP contribution in [0.2, 0.25) is 0 Å². The lowest BCUT2D eigenvalue weighted by Gasteiger charge is -2.27. The summed E-state index contributed by atoms with van der Waals surface area (Å²) in [6, 6.07) is 8.62. The molecule has 2 aliphatic heterocycles. The molecule has 1 amide bonds. The van der Waals surface area contributed by atoms with Gasteiger partial charge in [0.25, 0.3) is 0 Å². The maximum atomic E-state index is 12.9. The predicted molar refractivity (Wildman–Crippen MR) is 90.1 cm³/mol. The minimum absolute atomic E-state index is 0.0922. The first-order chi connectivity index (χ1) is 11.2. The number of hydrazine groups is 1. The molecule has 0 spiro atoms. The molecule has 0 saturated carbocycles. The van der Waals surface area contributed by atoms with Gasteiger partial charge in [0.15, 0.2) is 0 Å². The fourth-order valence-corrected chi connectivity index (χ4v) is 3.73. The van der Waals surface area contributed by atoms with Gasteiger partial charge in [-0.25, -0.2) is 5.43 Å². The van der Waals surface area contributed by atoms with Gasteiger partial charge in [-0.1, -0.05) is 25.5 Å². The second kappa shape index (κ2) is 7.32. The van der Waals surface area contributed by atoms with Gasteiger partial charge >= 0.3 is 0 Å². The molecule has 23 heavy (non-hydrogen) atoms. The fourth-order valence-electron chi connectivity index (χ4n) is 3.73. The molecule has 0 aromatic heterocycles. The van der Waals surface area contributed by atoms with Crippen LogP contribution in [-0.2, 0) is 4.79 Å². The molecule has 0 aliphatic carbocycles. The van der Waals surface area contributed by atoms with E-state index in [0.717, 1.165) is 44.4 Å². The van der Waals surface area contributed by atoms with Crippen LogP contribution in [0.4, 0.5) is 0 Å². The topological polar surface area (TPSA) is 53.6 Å². The highest BCUT2D eigenvalue weighted by Gasteiger charge is 2.37. The van der Waals surface area contributed by atoms with Gasteiger partial charge in [0, 0.05) is 12.6 Å². The second-order valence-corrected chi connectivity index (χ2v) is 6.53. The monoisotopic (exact) mass is 317 g/mol. The summed E-state index contributed by atoms with van der Waals surface area (Å²) in [5, 5.41) is 0. The second-order valence-electron chi connectivity index (χ2n) is 6.53. The van der Waals surface area contributed by atoms with Crippen LogP contribution < -0.4 is 15.6 Å². The number of nitrogens with one attached hydrogen (secondary N) is 2. The highest BCUT2D eigenvalue weighted by molar-refractivity contribution is 5.83. The lowest BCUT2D eigenvalue weighted by atomic mass is 10.0. The Kier molecular flexibility index (Phi) is 5.18. The standard InChI is InChI=1S/C18H27N3O2/c1-3-5-14-12-16(20-19-14)18(22)21-11-4-6-17(21)13-7-9-15(23-2)10-8-13/h7-10,14,16-17,19-20H,3-6,11-12H2,1-2H3. The van der Waals surface area contributed by atoms with Crippen LogP contribution in [0.25, 0.3) is 0 Å². The highest BCUT2D eigenvalue weighted by atomic mass is 16.5. The van der Waals surface area contributed by atoms with E-state index in [1.807, 2.05) is 12.1 Å². The zero-order valence-electron chi connectivity index (χ0n) is 14.0. The smallest absolute Gasteiger partial charge is 0.241 e. The lowest BCUT2D eigenvalue weighted by molar-refractivity contribution is -0.134. The Hall–Kier alpha value is -1.59. The maximum Gasteiger partial charge on any atom is 0.241 e. The van der Waals surface area contributed by atoms with Crippen molar-refractivity contribution >= 4 is 5.91 Å². The Morgan fingerprint density at radius 3 is 2.78 bits per heavy atom. The van der Waals surface area contributed by atoms with Crippen LogP contribution in [-0.4, -0.2) is 36.5 Å². The van der Waals surface area contributed by atoms with Gasteiger partial charge in [0.1, 0.15) is 11.8 Å². The summed E-state index contributed by atoms with van der Waals surface area (Å²) in [7, 11) is 1.67. The van der Waals surface area contributed by atoms with Gasteiger partial charge < -0.3 is 9.64 Å². The number of carbonyl (C=O) groups excluding carboxylic acids is 1. The zero-order chi connectivity index (χ0) is 16.2. The average Bonchev–Trinajstić information content (AvgIpc) is 3.24. The molecule has 5 nitrogen and oxygen atoms in total. The molecule has 126 valence electrons. The number of benzene rings is 1. The largest absolute Gasteiger partial charge is 0.497 e. The fraction of sp³-hybridized carbons (Fsp3) is 0.611. The van der Waals surface area contributed by atoms with Crippen molar-refractivity contribution in [3.63, 3.8) is 0 Å². The molecule has 2 aliphatic rings. The van der Waals surface area contributed by atoms with Crippen molar-refractivity contribution in [3.05, 3.63) is 29.8 Å². The summed E-state index contributed by atoms with van der Waals surface area (Å²) >= 11 is 0. The molecular weight excluding hydrogens is 290 g/mol. The van der Waals surface area contributed by atoms with Crippen molar-refractivity contribution in [2.45, 2.75) is 57.2 Å². The van der Waals surface area contributed by atoms with E-state index in [0.29, 0.717) is 6.04 Å². The maximum absolute atomic E-state index is 12.9. The number of methoxy groups -OCH3 is 1. The summed E-state index contributed by atoms with van der Waals surface area (Å²) < 4.78 is 5.22. The van der Waals surface area contributed by atoms with Gasteiger partial charge in [-0.15, -0.1) is 0 Å². The third kappa shape index (κ3) is 3.51. The van der Waals surface area contributed by atoms with Gasteiger partial charge in [-0.3, -0.25) is 10.2 Å². The predicted octanol–water partition coefficient (Wildman–Crippen LogP) is 2.39. The van der Waals surface area contributed by atoms with Crippen LogP contribution in [0.3, 0.4) is 0 Å². The van der Waals surface area contributed by atoms with Gasteiger partial charge in [-0.05, 0) is 43.4 Å². The molecule has 0 bridgehead atoms. The number of hydrogen-bond acceptors (Lipinski definition) is 4. The Bertz CT molecular complexity index is 532. The molecule has 1 aromatic carbocycles. The van der Waals surface area contributed by atoms with Crippen molar-refractivity contribution in [1.29, 1.82) is 0 Å². The zero-order valence-corrected chi connectivity index (χ0v) is 14.0. The highest BCUT2D eigenvalue weighted by Crippen LogP contribution is 2.33. The van der Waals surface area contributed by atoms with E-state index in [1.54, 1.807) is 7.11 Å². The Morgan fingerprint density at radius 2 is 2.09 bits per heavy atom. The lowest BCUT2D eigenvalue weighted by Crippen LogP contribution is -2.45. The van der Waals surface area contributed by atoms with E-state index in [2.05, 4.69) is 34.8 Å². The van der Waals surface area contributed by atoms with E-state index >= 15 is 0 Å². The summed E-state index contributed by atoms with van der Waals surface area (Å²) in [4.78, 5) is 15.0. The van der Waals surface area contributed by atoms with Crippen LogP contribution in [0, 0.1) is 0 Å². The average molecular weight is 317 g/mol. The number of rotatable bonds is 5. The summed E-state index contributed by atoms with van der Waals surface area (Å²) in [5.41, 5.74) is 7.67. The molecule has 3 atom stereocenters. The molecule has 0 radical (unpaired) electrons. The Balaban J connectivity index is 1.67. The minimum Gasteiger partial charge on any atom is -0.497 e. The van der Waals surface area contributed by atoms with Crippen molar-refractivity contribution in [2.75, 3.05) is 13.7 Å². The van der Waals surface area contributed by atoms with Crippen molar-refractivity contribution in [1.82, 2.24) is 15.8 Å². The van der Waals surface area contributed by atoms with Crippen molar-refractivity contribution in [2.24, 2.45) is 0 Å². The normalized spacial score (nSPS) is 27.4. The molecule has 2 fully saturated rings. The van der Waals surface area contributed by atoms with E-state index < -0.39 is 0 Å². The number of carbonyl (C=O) groups is 1. The first-order valence-corrected chi connectivity index (χ1v) is 8.68. The van der Waals surface area contributed by atoms with Crippen LogP contribution >= 0.6 is 0 Å². The van der Waals surface area contributed by atoms with E-state index in [4.69, 9.17) is 4.74 Å². The van der Waals surface area contributed by atoms with E-state index in [-0.39, 0.29) is 18.0 Å². The molecule has 2 heterocycles. The van der Waals surface area contributed by atoms with Crippen molar-refractivity contribution < 1.29 is 9.53 Å². The number of amides is 1. The Labute approximate surface area is 138 Å². The number of likely N-dealkylation sites (tertiary alicyclic amines) is 1. The number of hydrogen-bond donors (Lipinski definition) is 2. The SMILES string of the molecule is CCCC1CC(C(=O)N2CCCC2c2ccc(OC)cc2)NN1. The van der Waals surface area contributed by atoms with Crippen LogP contribution in [0.15, 0.2) is 24.3 Å². The van der Waals surface area contributed by atoms with Gasteiger partial charge in [0.05, 0.1) is 13.2 Å². The summed E-state index contributed by atoms with van der Waals surface area (Å²) in [6.45, 7) is 3.03. The summed E-state index contributed by atoms with van der Waals surface area (Å²) in [5.74, 6) is 1.09. The molecule has 2 saturated heterocycles. The molecular formula is C18H27N3O2. The molecule has 2 N–H and O–H groups in total. The number of nitrogens with zero attached hydrogens (tertiary/aromatic N) is 1.